The Kier molecular flexibility index (Phi) is 5.32. The highest BCUT2D eigenvalue weighted by Gasteiger charge is 2.16. The number of carbonyl (C=O) groups is 1. The lowest BCUT2D eigenvalue weighted by Crippen LogP contribution is -2.37. The molecule has 10 heteroatoms. The average Bonchev–Trinajstić information content (AvgIpc) is 2.52. The van der Waals surface area contributed by atoms with Crippen LogP contribution in [0.2, 0.25) is 0 Å². The molecule has 5 N–H and O–H groups in total. The van der Waals surface area contributed by atoms with E-state index in [1.165, 1.54) is 0 Å². The Morgan fingerprint density at radius 2 is 1.95 bits per heavy atom. The first-order valence-electron chi connectivity index (χ1n) is 6.72. The van der Waals surface area contributed by atoms with Crippen LogP contribution >= 0.6 is 0 Å². The van der Waals surface area contributed by atoms with Gasteiger partial charge in [0.15, 0.2) is 0 Å². The lowest BCUT2D eigenvalue weighted by atomic mass is 10.4. The first-order valence-corrected chi connectivity index (χ1v) is 6.72. The van der Waals surface area contributed by atoms with Crippen molar-refractivity contribution in [1.82, 2.24) is 20.3 Å². The summed E-state index contributed by atoms with van der Waals surface area (Å²) in [6.45, 7) is 3.67. The van der Waals surface area contributed by atoms with Crippen molar-refractivity contribution in [3.63, 3.8) is 0 Å². The Morgan fingerprint density at radius 3 is 2.62 bits per heavy atom. The molecule has 0 radical (unpaired) electrons. The SMILES string of the molecule is CNc1nc(NCCNC(N)=O)nc(N2CCOCC2)n1. The summed E-state index contributed by atoms with van der Waals surface area (Å²) in [6, 6.07) is -0.558. The number of amides is 2. The molecule has 2 heterocycles. The van der Waals surface area contributed by atoms with E-state index in [0.29, 0.717) is 44.1 Å². The molecule has 10 nitrogen and oxygen atoms in total. The van der Waals surface area contributed by atoms with Crippen LogP contribution in [0.15, 0.2) is 0 Å². The van der Waals surface area contributed by atoms with Crippen molar-refractivity contribution in [2.24, 2.45) is 5.73 Å². The molecule has 21 heavy (non-hydrogen) atoms. The molecular weight excluding hydrogens is 276 g/mol. The molecular formula is C11H20N8O2. The zero-order valence-electron chi connectivity index (χ0n) is 11.9. The number of carbonyl (C=O) groups excluding carboxylic acids is 1. The lowest BCUT2D eigenvalue weighted by molar-refractivity contribution is 0.122. The summed E-state index contributed by atoms with van der Waals surface area (Å²) < 4.78 is 5.31. The number of urea groups is 1. The van der Waals surface area contributed by atoms with Gasteiger partial charge in [-0.1, -0.05) is 0 Å². The van der Waals surface area contributed by atoms with Crippen LogP contribution in [-0.2, 0) is 4.74 Å². The summed E-state index contributed by atoms with van der Waals surface area (Å²) in [5, 5.41) is 8.41. The van der Waals surface area contributed by atoms with E-state index in [1.54, 1.807) is 7.05 Å². The highest BCUT2D eigenvalue weighted by molar-refractivity contribution is 5.71. The van der Waals surface area contributed by atoms with Crippen molar-refractivity contribution in [2.45, 2.75) is 0 Å². The molecule has 0 saturated carbocycles. The second-order valence-corrected chi connectivity index (χ2v) is 4.35. The van der Waals surface area contributed by atoms with Crippen molar-refractivity contribution in [1.29, 1.82) is 0 Å². The van der Waals surface area contributed by atoms with Gasteiger partial charge < -0.3 is 31.3 Å². The molecule has 1 saturated heterocycles. The molecule has 0 bridgehead atoms. The van der Waals surface area contributed by atoms with Gasteiger partial charge in [0.1, 0.15) is 0 Å². The third-order valence-electron chi connectivity index (χ3n) is 2.85. The fourth-order valence-electron chi connectivity index (χ4n) is 1.82. The third-order valence-corrected chi connectivity index (χ3v) is 2.85. The van der Waals surface area contributed by atoms with Gasteiger partial charge in [0.2, 0.25) is 17.8 Å². The van der Waals surface area contributed by atoms with E-state index in [0.717, 1.165) is 13.1 Å². The summed E-state index contributed by atoms with van der Waals surface area (Å²) in [5.74, 6) is 1.53. The van der Waals surface area contributed by atoms with E-state index < -0.39 is 6.03 Å². The van der Waals surface area contributed by atoms with Crippen LogP contribution in [-0.4, -0.2) is 67.4 Å². The van der Waals surface area contributed by atoms with Crippen LogP contribution in [0, 0.1) is 0 Å². The molecule has 0 spiro atoms. The summed E-state index contributed by atoms with van der Waals surface area (Å²) >= 11 is 0. The minimum Gasteiger partial charge on any atom is -0.378 e. The summed E-state index contributed by atoms with van der Waals surface area (Å²) in [4.78, 5) is 25.6. The van der Waals surface area contributed by atoms with Gasteiger partial charge in [0, 0.05) is 33.2 Å². The zero-order valence-corrected chi connectivity index (χ0v) is 11.9. The van der Waals surface area contributed by atoms with Gasteiger partial charge in [-0.05, 0) is 0 Å². The first kappa shape index (κ1) is 15.0. The summed E-state index contributed by atoms with van der Waals surface area (Å²) in [5.41, 5.74) is 4.99. The van der Waals surface area contributed by atoms with Gasteiger partial charge in [-0.2, -0.15) is 15.0 Å². The van der Waals surface area contributed by atoms with E-state index in [-0.39, 0.29) is 0 Å². The van der Waals surface area contributed by atoms with Gasteiger partial charge in [-0.3, -0.25) is 0 Å². The summed E-state index contributed by atoms with van der Waals surface area (Å²) in [6.07, 6.45) is 0. The number of anilines is 3. The number of morpholine rings is 1. The number of ether oxygens (including phenoxy) is 1. The molecule has 1 fully saturated rings. The molecule has 2 rings (SSSR count). The molecule has 0 aliphatic carbocycles. The summed E-state index contributed by atoms with van der Waals surface area (Å²) in [7, 11) is 1.75. The number of hydrogen-bond acceptors (Lipinski definition) is 8. The average molecular weight is 296 g/mol. The van der Waals surface area contributed by atoms with Crippen LogP contribution in [0.3, 0.4) is 0 Å². The normalized spacial score (nSPS) is 14.6. The predicted molar refractivity (Wildman–Crippen MR) is 78.5 cm³/mol. The van der Waals surface area contributed by atoms with Crippen molar-refractivity contribution in [3.05, 3.63) is 0 Å². The monoisotopic (exact) mass is 296 g/mol. The molecule has 1 aromatic rings. The van der Waals surface area contributed by atoms with Crippen LogP contribution in [0.25, 0.3) is 0 Å². The largest absolute Gasteiger partial charge is 0.378 e. The van der Waals surface area contributed by atoms with E-state index in [1.807, 2.05) is 4.90 Å². The number of primary amides is 1. The smallest absolute Gasteiger partial charge is 0.312 e. The van der Waals surface area contributed by atoms with Gasteiger partial charge in [0.25, 0.3) is 0 Å². The first-order chi connectivity index (χ1) is 10.2. The van der Waals surface area contributed by atoms with Gasteiger partial charge >= 0.3 is 6.03 Å². The molecule has 1 aliphatic heterocycles. The highest BCUT2D eigenvalue weighted by atomic mass is 16.5. The molecule has 0 atom stereocenters. The van der Waals surface area contributed by atoms with Crippen molar-refractivity contribution >= 4 is 23.9 Å². The highest BCUT2D eigenvalue weighted by Crippen LogP contribution is 2.14. The fraction of sp³-hybridized carbons (Fsp3) is 0.636. The van der Waals surface area contributed by atoms with Crippen molar-refractivity contribution in [2.75, 3.05) is 62.0 Å². The minimum absolute atomic E-state index is 0.392. The second kappa shape index (κ2) is 7.43. The van der Waals surface area contributed by atoms with Gasteiger partial charge in [-0.25, -0.2) is 4.79 Å². The Morgan fingerprint density at radius 1 is 1.24 bits per heavy atom. The Balaban J connectivity index is 2.00. The molecule has 0 aromatic carbocycles. The topological polar surface area (TPSA) is 130 Å². The van der Waals surface area contributed by atoms with Crippen LogP contribution in [0.1, 0.15) is 0 Å². The molecule has 1 aliphatic rings. The number of aromatic nitrogens is 3. The second-order valence-electron chi connectivity index (χ2n) is 4.35. The zero-order chi connectivity index (χ0) is 15.1. The van der Waals surface area contributed by atoms with Crippen LogP contribution < -0.4 is 26.6 Å². The maximum absolute atomic E-state index is 10.6. The van der Waals surface area contributed by atoms with Crippen LogP contribution in [0.5, 0.6) is 0 Å². The fourth-order valence-corrected chi connectivity index (χ4v) is 1.82. The lowest BCUT2D eigenvalue weighted by Gasteiger charge is -2.27. The quantitative estimate of drug-likeness (QED) is 0.483. The molecule has 2 amide bonds. The number of nitrogens with one attached hydrogen (secondary N) is 3. The predicted octanol–water partition coefficient (Wildman–Crippen LogP) is -1.17. The number of rotatable bonds is 6. The Bertz CT molecular complexity index is 477. The minimum atomic E-state index is -0.558. The maximum atomic E-state index is 10.6. The van der Waals surface area contributed by atoms with Gasteiger partial charge in [-0.15, -0.1) is 0 Å². The van der Waals surface area contributed by atoms with E-state index >= 15 is 0 Å². The van der Waals surface area contributed by atoms with Gasteiger partial charge in [0.05, 0.1) is 13.2 Å². The number of nitrogens with zero attached hydrogens (tertiary/aromatic N) is 4. The maximum Gasteiger partial charge on any atom is 0.312 e. The Labute approximate surface area is 122 Å². The molecule has 116 valence electrons. The van der Waals surface area contributed by atoms with E-state index in [2.05, 4.69) is 30.9 Å². The molecule has 0 unspecified atom stereocenters. The third kappa shape index (κ3) is 4.60. The molecule has 1 aromatic heterocycles. The van der Waals surface area contributed by atoms with Crippen molar-refractivity contribution < 1.29 is 9.53 Å². The van der Waals surface area contributed by atoms with E-state index in [9.17, 15) is 4.79 Å². The standard InChI is InChI=1S/C11H20N8O2/c1-13-9-16-10(15-3-2-14-8(12)20)18-11(17-9)19-4-6-21-7-5-19/h2-7H2,1H3,(H3,12,14,20)(H2,13,15,16,17,18). The van der Waals surface area contributed by atoms with Crippen LogP contribution in [0.4, 0.5) is 22.6 Å². The van der Waals surface area contributed by atoms with Crippen molar-refractivity contribution in [3.8, 4) is 0 Å². The number of nitrogens with two attached hydrogens (primary N) is 1. The van der Waals surface area contributed by atoms with E-state index in [4.69, 9.17) is 10.5 Å². The Hall–Kier alpha value is -2.36. The number of hydrogen-bond donors (Lipinski definition) is 4.